The molecule has 0 saturated heterocycles. The lowest BCUT2D eigenvalue weighted by molar-refractivity contribution is -0.384. The van der Waals surface area contributed by atoms with Crippen LogP contribution >= 0.6 is 0 Å². The lowest BCUT2D eigenvalue weighted by atomic mass is 9.79. The van der Waals surface area contributed by atoms with E-state index in [-0.39, 0.29) is 11.3 Å². The molecule has 1 aromatic carbocycles. The normalized spacial score (nSPS) is 20.0. The van der Waals surface area contributed by atoms with Crippen LogP contribution in [0.15, 0.2) is 24.3 Å². The molecular weight excluding hydrogens is 318 g/mol. The molecule has 0 aromatic heterocycles. The topological polar surface area (TPSA) is 139 Å². The van der Waals surface area contributed by atoms with Crippen LogP contribution < -0.4 is 10.9 Å². The van der Waals surface area contributed by atoms with Gasteiger partial charge >= 0.3 is 5.97 Å². The third-order valence-corrected chi connectivity index (χ3v) is 4.04. The number of carboxylic acids is 1. The summed E-state index contributed by atoms with van der Waals surface area (Å²) in [6.07, 6.45) is 2.36. The van der Waals surface area contributed by atoms with Crippen molar-refractivity contribution < 1.29 is 24.4 Å². The average molecular weight is 335 g/mol. The number of nitrogens with one attached hydrogen (secondary N) is 2. The van der Waals surface area contributed by atoms with E-state index in [0.29, 0.717) is 12.8 Å². The van der Waals surface area contributed by atoms with Crippen LogP contribution in [0.5, 0.6) is 0 Å². The van der Waals surface area contributed by atoms with Crippen molar-refractivity contribution in [3.05, 3.63) is 39.9 Å². The molecule has 1 aliphatic carbocycles. The van der Waals surface area contributed by atoms with E-state index in [4.69, 9.17) is 5.11 Å². The molecule has 2 amide bonds. The van der Waals surface area contributed by atoms with E-state index < -0.39 is 34.5 Å². The van der Waals surface area contributed by atoms with Crippen LogP contribution in [0.1, 0.15) is 36.0 Å². The molecule has 2 atom stereocenters. The van der Waals surface area contributed by atoms with Crippen molar-refractivity contribution in [1.29, 1.82) is 0 Å². The van der Waals surface area contributed by atoms with E-state index in [1.807, 2.05) is 0 Å². The Kier molecular flexibility index (Phi) is 5.46. The fourth-order valence-corrected chi connectivity index (χ4v) is 2.78. The third-order valence-electron chi connectivity index (χ3n) is 4.04. The number of non-ortho nitro benzene ring substituents is 1. The zero-order valence-electron chi connectivity index (χ0n) is 12.7. The van der Waals surface area contributed by atoms with Crippen LogP contribution in [0.2, 0.25) is 0 Å². The fraction of sp³-hybridized carbons (Fsp3) is 0.400. The number of amides is 2. The Balaban J connectivity index is 1.98. The number of hydrogen-bond donors (Lipinski definition) is 3. The van der Waals surface area contributed by atoms with Gasteiger partial charge in [0, 0.05) is 17.7 Å². The van der Waals surface area contributed by atoms with Crippen LogP contribution in [-0.4, -0.2) is 27.8 Å². The SMILES string of the molecule is O=C(NNC(=O)[C@H]1CCCC[C@@H]1C(=O)O)c1cccc([N+](=O)[O-])c1. The van der Waals surface area contributed by atoms with E-state index in [2.05, 4.69) is 10.9 Å². The number of nitro groups is 1. The average Bonchev–Trinajstić information content (AvgIpc) is 2.59. The van der Waals surface area contributed by atoms with Gasteiger partial charge in [0.05, 0.1) is 16.8 Å². The van der Waals surface area contributed by atoms with Crippen molar-refractivity contribution in [2.24, 2.45) is 11.8 Å². The van der Waals surface area contributed by atoms with E-state index in [1.54, 1.807) is 0 Å². The van der Waals surface area contributed by atoms with Crippen molar-refractivity contribution >= 4 is 23.5 Å². The molecule has 9 heteroatoms. The summed E-state index contributed by atoms with van der Waals surface area (Å²) >= 11 is 0. The molecule has 1 aromatic rings. The summed E-state index contributed by atoms with van der Waals surface area (Å²) in [5.74, 6) is -3.79. The number of rotatable bonds is 4. The highest BCUT2D eigenvalue weighted by molar-refractivity contribution is 5.96. The standard InChI is InChI=1S/C15H17N3O6/c19-13(9-4-3-5-10(8-9)18(23)24)16-17-14(20)11-6-1-2-7-12(11)15(21)22/h3-5,8,11-12H,1-2,6-7H2,(H,16,19)(H,17,20)(H,21,22)/t11-,12-/m0/s1. The van der Waals surface area contributed by atoms with Gasteiger partial charge < -0.3 is 5.11 Å². The molecule has 2 rings (SSSR count). The summed E-state index contributed by atoms with van der Waals surface area (Å²) in [6.45, 7) is 0. The van der Waals surface area contributed by atoms with Gasteiger partial charge in [-0.25, -0.2) is 0 Å². The van der Waals surface area contributed by atoms with Gasteiger partial charge in [-0.15, -0.1) is 0 Å². The fourth-order valence-electron chi connectivity index (χ4n) is 2.78. The summed E-state index contributed by atoms with van der Waals surface area (Å²) in [7, 11) is 0. The molecule has 3 N–H and O–H groups in total. The molecule has 0 aliphatic heterocycles. The Morgan fingerprint density at radius 2 is 1.79 bits per heavy atom. The predicted molar refractivity (Wildman–Crippen MR) is 81.8 cm³/mol. The Bertz CT molecular complexity index is 675. The first-order valence-corrected chi connectivity index (χ1v) is 7.47. The van der Waals surface area contributed by atoms with Crippen LogP contribution in [0.25, 0.3) is 0 Å². The Hall–Kier alpha value is -2.97. The molecule has 0 bridgehead atoms. The quantitative estimate of drug-likeness (QED) is 0.559. The minimum Gasteiger partial charge on any atom is -0.481 e. The van der Waals surface area contributed by atoms with Crippen molar-refractivity contribution in [3.63, 3.8) is 0 Å². The Morgan fingerprint density at radius 3 is 2.42 bits per heavy atom. The largest absolute Gasteiger partial charge is 0.481 e. The zero-order valence-corrected chi connectivity index (χ0v) is 12.7. The second-order valence-electron chi connectivity index (χ2n) is 5.59. The number of hydrazine groups is 1. The highest BCUT2D eigenvalue weighted by atomic mass is 16.6. The van der Waals surface area contributed by atoms with Crippen LogP contribution in [0.4, 0.5) is 5.69 Å². The molecule has 9 nitrogen and oxygen atoms in total. The van der Waals surface area contributed by atoms with Gasteiger partial charge in [-0.05, 0) is 18.9 Å². The highest BCUT2D eigenvalue weighted by Crippen LogP contribution is 2.30. The van der Waals surface area contributed by atoms with Crippen molar-refractivity contribution in [2.45, 2.75) is 25.7 Å². The molecule has 24 heavy (non-hydrogen) atoms. The minimum atomic E-state index is -1.03. The lowest BCUT2D eigenvalue weighted by Gasteiger charge is -2.27. The third kappa shape index (κ3) is 4.06. The maximum absolute atomic E-state index is 12.1. The number of carboxylic acid groups (broad SMARTS) is 1. The maximum atomic E-state index is 12.1. The number of aliphatic carboxylic acids is 1. The van der Waals surface area contributed by atoms with Crippen molar-refractivity contribution in [1.82, 2.24) is 10.9 Å². The molecule has 1 saturated carbocycles. The molecule has 128 valence electrons. The first-order valence-electron chi connectivity index (χ1n) is 7.47. The van der Waals surface area contributed by atoms with E-state index >= 15 is 0 Å². The van der Waals surface area contributed by atoms with Crippen LogP contribution in [-0.2, 0) is 9.59 Å². The number of nitrogens with zero attached hydrogens (tertiary/aromatic N) is 1. The molecule has 0 spiro atoms. The van der Waals surface area contributed by atoms with E-state index in [0.717, 1.165) is 18.9 Å². The molecule has 1 fully saturated rings. The first kappa shape index (κ1) is 17.4. The summed E-state index contributed by atoms with van der Waals surface area (Å²) < 4.78 is 0. The summed E-state index contributed by atoms with van der Waals surface area (Å²) in [5, 5.41) is 19.9. The predicted octanol–water partition coefficient (Wildman–Crippen LogP) is 1.25. The second kappa shape index (κ2) is 7.53. The van der Waals surface area contributed by atoms with Gasteiger partial charge in [-0.3, -0.25) is 35.3 Å². The Labute approximate surface area is 137 Å². The van der Waals surface area contributed by atoms with Crippen molar-refractivity contribution in [3.8, 4) is 0 Å². The van der Waals surface area contributed by atoms with E-state index in [9.17, 15) is 24.5 Å². The minimum absolute atomic E-state index is 0.0166. The van der Waals surface area contributed by atoms with E-state index in [1.165, 1.54) is 18.2 Å². The maximum Gasteiger partial charge on any atom is 0.307 e. The molecule has 0 heterocycles. The summed E-state index contributed by atoms with van der Waals surface area (Å²) in [6, 6.07) is 5.06. The zero-order chi connectivity index (χ0) is 17.7. The van der Waals surface area contributed by atoms with Crippen LogP contribution in [0.3, 0.4) is 0 Å². The number of carbonyl (C=O) groups excluding carboxylic acids is 2. The highest BCUT2D eigenvalue weighted by Gasteiger charge is 2.35. The summed E-state index contributed by atoms with van der Waals surface area (Å²) in [4.78, 5) is 45.3. The number of hydrogen-bond acceptors (Lipinski definition) is 5. The molecule has 0 unspecified atom stereocenters. The van der Waals surface area contributed by atoms with Gasteiger partial charge in [-0.1, -0.05) is 18.9 Å². The van der Waals surface area contributed by atoms with Gasteiger partial charge in [-0.2, -0.15) is 0 Å². The molecular formula is C15H17N3O6. The van der Waals surface area contributed by atoms with Gasteiger partial charge in [0.25, 0.3) is 11.6 Å². The van der Waals surface area contributed by atoms with Crippen LogP contribution in [0, 0.1) is 22.0 Å². The van der Waals surface area contributed by atoms with Gasteiger partial charge in [0.2, 0.25) is 5.91 Å². The summed E-state index contributed by atoms with van der Waals surface area (Å²) in [5.41, 5.74) is 4.15. The monoisotopic (exact) mass is 335 g/mol. The number of nitro benzene ring substituents is 1. The number of benzene rings is 1. The number of carbonyl (C=O) groups is 3. The molecule has 0 radical (unpaired) electrons. The first-order chi connectivity index (χ1) is 11.4. The van der Waals surface area contributed by atoms with Gasteiger partial charge in [0.1, 0.15) is 0 Å². The second-order valence-corrected chi connectivity index (χ2v) is 5.59. The Morgan fingerprint density at radius 1 is 1.12 bits per heavy atom. The van der Waals surface area contributed by atoms with Gasteiger partial charge in [0.15, 0.2) is 0 Å². The van der Waals surface area contributed by atoms with Crippen molar-refractivity contribution in [2.75, 3.05) is 0 Å². The lowest BCUT2D eigenvalue weighted by Crippen LogP contribution is -2.47. The smallest absolute Gasteiger partial charge is 0.307 e. The molecule has 1 aliphatic rings.